The highest BCUT2D eigenvalue weighted by Gasteiger charge is 2.33. The minimum Gasteiger partial charge on any atom is -0.260 e. The van der Waals surface area contributed by atoms with Gasteiger partial charge in [-0.25, -0.2) is 12.8 Å². The molecule has 1 aliphatic carbocycles. The SMILES string of the molecule is O=S(=O)(c1cn(C2C=Cc3ccccc32)nc1CCCCCCCCCC(F)(F)F)N1CCC(F)CC1. The lowest BCUT2D eigenvalue weighted by molar-refractivity contribution is -0.135. The molecule has 1 aromatic heterocycles. The number of unbranched alkanes of at least 4 members (excludes halogenated alkanes) is 6. The van der Waals surface area contributed by atoms with E-state index in [9.17, 15) is 26.0 Å². The van der Waals surface area contributed by atoms with Gasteiger partial charge in [-0.1, -0.05) is 68.5 Å². The number of nitrogens with zero attached hydrogens (tertiary/aromatic N) is 3. The zero-order valence-corrected chi connectivity index (χ0v) is 21.8. The van der Waals surface area contributed by atoms with Crippen LogP contribution in [0.4, 0.5) is 17.6 Å². The highest BCUT2D eigenvalue weighted by Crippen LogP contribution is 2.33. The van der Waals surface area contributed by atoms with Gasteiger partial charge in [-0.15, -0.1) is 0 Å². The van der Waals surface area contributed by atoms with Crippen LogP contribution in [-0.2, 0) is 16.4 Å². The first-order valence-corrected chi connectivity index (χ1v) is 14.7. The lowest BCUT2D eigenvalue weighted by Gasteiger charge is -2.27. The van der Waals surface area contributed by atoms with E-state index in [0.717, 1.165) is 43.2 Å². The van der Waals surface area contributed by atoms with E-state index in [1.54, 1.807) is 10.9 Å². The molecule has 1 atom stereocenters. The Balaban J connectivity index is 1.40. The summed E-state index contributed by atoms with van der Waals surface area (Å²) in [4.78, 5) is 0.190. The van der Waals surface area contributed by atoms with Gasteiger partial charge < -0.3 is 0 Å². The van der Waals surface area contributed by atoms with Crippen molar-refractivity contribution < 1.29 is 26.0 Å². The summed E-state index contributed by atoms with van der Waals surface area (Å²) in [6.07, 6.45) is 5.58. The molecule has 1 unspecified atom stereocenters. The second-order valence-corrected chi connectivity index (χ2v) is 11.9. The maximum atomic E-state index is 13.7. The van der Waals surface area contributed by atoms with Gasteiger partial charge in [0.1, 0.15) is 11.1 Å². The van der Waals surface area contributed by atoms with Gasteiger partial charge in [-0.3, -0.25) is 4.68 Å². The molecule has 204 valence electrons. The number of piperidine rings is 1. The summed E-state index contributed by atoms with van der Waals surface area (Å²) >= 11 is 0. The number of aryl methyl sites for hydroxylation is 1. The first-order chi connectivity index (χ1) is 17.6. The zero-order chi connectivity index (χ0) is 26.5. The standard InChI is InChI=1S/C27H35F4N3O2S/c28-22-15-18-33(19-16-22)37(35,36)26-20-34(25-14-13-21-10-7-8-11-23(21)25)32-24(26)12-6-4-2-1-3-5-9-17-27(29,30)31/h7-8,10-11,13-14,20,22,25H,1-6,9,12,15-19H2. The third kappa shape index (κ3) is 7.22. The topological polar surface area (TPSA) is 55.2 Å². The van der Waals surface area contributed by atoms with Gasteiger partial charge in [-0.05, 0) is 43.2 Å². The summed E-state index contributed by atoms with van der Waals surface area (Å²) in [6.45, 7) is 0.323. The van der Waals surface area contributed by atoms with Gasteiger partial charge >= 0.3 is 6.18 Å². The van der Waals surface area contributed by atoms with Gasteiger partial charge in [0.2, 0.25) is 10.0 Å². The number of benzene rings is 1. The maximum absolute atomic E-state index is 13.7. The summed E-state index contributed by atoms with van der Waals surface area (Å²) in [5, 5.41) is 4.73. The van der Waals surface area contributed by atoms with Crippen LogP contribution in [0.3, 0.4) is 0 Å². The van der Waals surface area contributed by atoms with Crippen molar-refractivity contribution in [3.05, 3.63) is 53.4 Å². The normalized spacial score (nSPS) is 19.0. The Hall–Kier alpha value is -2.20. The van der Waals surface area contributed by atoms with E-state index in [1.807, 2.05) is 36.4 Å². The molecule has 2 aliphatic rings. The van der Waals surface area contributed by atoms with Gasteiger partial charge in [0, 0.05) is 25.7 Å². The van der Waals surface area contributed by atoms with Crippen LogP contribution in [0.5, 0.6) is 0 Å². The van der Waals surface area contributed by atoms with E-state index in [2.05, 4.69) is 0 Å². The number of fused-ring (bicyclic) bond motifs is 1. The largest absolute Gasteiger partial charge is 0.389 e. The summed E-state index contributed by atoms with van der Waals surface area (Å²) in [5.74, 6) is 0. The van der Waals surface area contributed by atoms with E-state index in [4.69, 9.17) is 5.10 Å². The first kappa shape index (κ1) is 27.8. The average molecular weight is 542 g/mol. The summed E-state index contributed by atoms with van der Waals surface area (Å²) < 4.78 is 80.6. The number of allylic oxidation sites excluding steroid dienone is 1. The fourth-order valence-electron chi connectivity index (χ4n) is 5.11. The molecule has 0 radical (unpaired) electrons. The fraction of sp³-hybridized carbons (Fsp3) is 0.593. The van der Waals surface area contributed by atoms with Crippen LogP contribution in [0.25, 0.3) is 6.08 Å². The number of sulfonamides is 1. The van der Waals surface area contributed by atoms with Crippen molar-refractivity contribution in [2.24, 2.45) is 0 Å². The molecule has 1 aliphatic heterocycles. The monoisotopic (exact) mass is 541 g/mol. The van der Waals surface area contributed by atoms with Crippen LogP contribution >= 0.6 is 0 Å². The molecule has 0 spiro atoms. The van der Waals surface area contributed by atoms with Crippen LogP contribution in [0.15, 0.2) is 41.4 Å². The molecule has 1 aromatic carbocycles. The summed E-state index contributed by atoms with van der Waals surface area (Å²) in [7, 11) is -3.80. The number of halogens is 4. The van der Waals surface area contributed by atoms with E-state index in [-0.39, 0.29) is 43.3 Å². The Kier molecular flexibility index (Phi) is 9.11. The Morgan fingerprint density at radius 2 is 1.59 bits per heavy atom. The molecule has 10 heteroatoms. The number of hydrogen-bond acceptors (Lipinski definition) is 3. The average Bonchev–Trinajstić information content (AvgIpc) is 3.47. The highest BCUT2D eigenvalue weighted by molar-refractivity contribution is 7.89. The lowest BCUT2D eigenvalue weighted by Crippen LogP contribution is -2.39. The van der Waals surface area contributed by atoms with Gasteiger partial charge in [0.15, 0.2) is 0 Å². The van der Waals surface area contributed by atoms with Crippen molar-refractivity contribution in [3.8, 4) is 0 Å². The summed E-state index contributed by atoms with van der Waals surface area (Å²) in [6, 6.07) is 7.74. The quantitative estimate of drug-likeness (QED) is 0.218. The van der Waals surface area contributed by atoms with E-state index in [1.165, 1.54) is 4.31 Å². The molecule has 0 bridgehead atoms. The van der Waals surface area contributed by atoms with Crippen LogP contribution < -0.4 is 0 Å². The maximum Gasteiger partial charge on any atom is 0.389 e. The molecule has 5 nitrogen and oxygen atoms in total. The van der Waals surface area contributed by atoms with E-state index < -0.39 is 28.8 Å². The smallest absolute Gasteiger partial charge is 0.260 e. The van der Waals surface area contributed by atoms with Crippen LogP contribution in [0.1, 0.15) is 87.1 Å². The molecular formula is C27H35F4N3O2S. The third-order valence-electron chi connectivity index (χ3n) is 7.20. The molecule has 37 heavy (non-hydrogen) atoms. The highest BCUT2D eigenvalue weighted by atomic mass is 32.2. The number of alkyl halides is 4. The van der Waals surface area contributed by atoms with Crippen molar-refractivity contribution in [2.75, 3.05) is 13.1 Å². The van der Waals surface area contributed by atoms with Crippen LogP contribution in [0, 0.1) is 0 Å². The van der Waals surface area contributed by atoms with E-state index in [0.29, 0.717) is 18.5 Å². The minimum atomic E-state index is -4.08. The second-order valence-electron chi connectivity index (χ2n) is 10.0. The van der Waals surface area contributed by atoms with Crippen molar-refractivity contribution in [3.63, 3.8) is 0 Å². The predicted octanol–water partition coefficient (Wildman–Crippen LogP) is 6.85. The number of hydrogen-bond donors (Lipinski definition) is 0. The van der Waals surface area contributed by atoms with Crippen LogP contribution in [-0.4, -0.2) is 47.9 Å². The fourth-order valence-corrected chi connectivity index (χ4v) is 6.76. The second kappa shape index (κ2) is 12.1. The van der Waals surface area contributed by atoms with Crippen molar-refractivity contribution in [2.45, 2.75) is 93.9 Å². The zero-order valence-electron chi connectivity index (χ0n) is 21.0. The molecule has 4 rings (SSSR count). The van der Waals surface area contributed by atoms with Gasteiger partial charge in [0.05, 0.1) is 11.7 Å². The molecule has 0 N–H and O–H groups in total. The van der Waals surface area contributed by atoms with Gasteiger partial charge in [-0.2, -0.15) is 22.6 Å². The molecule has 0 saturated carbocycles. The van der Waals surface area contributed by atoms with Crippen LogP contribution in [0.2, 0.25) is 0 Å². The number of aromatic nitrogens is 2. The molecule has 2 heterocycles. The Morgan fingerprint density at radius 3 is 2.30 bits per heavy atom. The summed E-state index contributed by atoms with van der Waals surface area (Å²) in [5.41, 5.74) is 2.66. The van der Waals surface area contributed by atoms with Gasteiger partial charge in [0.25, 0.3) is 0 Å². The van der Waals surface area contributed by atoms with Crippen molar-refractivity contribution in [1.29, 1.82) is 0 Å². The predicted molar refractivity (Wildman–Crippen MR) is 135 cm³/mol. The minimum absolute atomic E-state index is 0.161. The number of rotatable bonds is 12. The Morgan fingerprint density at radius 1 is 0.946 bits per heavy atom. The molecule has 0 amide bonds. The van der Waals surface area contributed by atoms with Crippen molar-refractivity contribution in [1.82, 2.24) is 14.1 Å². The first-order valence-electron chi connectivity index (χ1n) is 13.2. The van der Waals surface area contributed by atoms with Crippen molar-refractivity contribution >= 4 is 16.1 Å². The molecule has 1 fully saturated rings. The third-order valence-corrected chi connectivity index (χ3v) is 9.14. The Bertz CT molecular complexity index is 1170. The lowest BCUT2D eigenvalue weighted by atomic mass is 10.1. The Labute approximate surface area is 216 Å². The van der Waals surface area contributed by atoms with E-state index >= 15 is 0 Å². The molecular weight excluding hydrogens is 506 g/mol. The molecule has 1 saturated heterocycles. The molecule has 2 aromatic rings.